The molecule has 0 aliphatic carbocycles. The maximum atomic E-state index is 11.7. The summed E-state index contributed by atoms with van der Waals surface area (Å²) in [5.74, 6) is -0.679. The molecule has 0 fully saturated rings. The zero-order chi connectivity index (χ0) is 13.1. The molecule has 1 amide bonds. The molecule has 0 radical (unpaired) electrons. The van der Waals surface area contributed by atoms with Crippen LogP contribution in [0.25, 0.3) is 0 Å². The van der Waals surface area contributed by atoms with Crippen LogP contribution in [0.15, 0.2) is 30.2 Å². The van der Waals surface area contributed by atoms with Crippen LogP contribution in [-0.4, -0.2) is 14.3 Å². The third kappa shape index (κ3) is 3.32. The minimum Gasteiger partial charge on any atom is -0.399 e. The number of carbonyl (C=O) groups is 1. The van der Waals surface area contributed by atoms with Crippen LogP contribution in [0.4, 0.5) is 5.69 Å². The third-order valence-electron chi connectivity index (χ3n) is 2.21. The fourth-order valence-electron chi connectivity index (χ4n) is 1.35. The standard InChI is InChI=1S/C11H14N2O3S/c1-3-8-7-9(12)5-6-10(8)11(14)13-17(15,16)4-2/h4-7H,2-3,12H2,1H3,(H,13,14). The number of nitrogens with one attached hydrogen (secondary N) is 1. The molecule has 0 aliphatic rings. The van der Waals surface area contributed by atoms with Gasteiger partial charge in [0, 0.05) is 16.7 Å². The molecule has 0 saturated heterocycles. The van der Waals surface area contributed by atoms with Gasteiger partial charge in [0.1, 0.15) is 0 Å². The normalized spacial score (nSPS) is 10.9. The molecule has 1 aromatic carbocycles. The first-order valence-corrected chi connectivity index (χ1v) is 6.52. The predicted octanol–water partition coefficient (Wildman–Crippen LogP) is 1.03. The van der Waals surface area contributed by atoms with Crippen LogP contribution in [0.3, 0.4) is 0 Å². The number of rotatable bonds is 4. The zero-order valence-corrected chi connectivity index (χ0v) is 10.3. The summed E-state index contributed by atoms with van der Waals surface area (Å²) in [7, 11) is -3.77. The molecule has 5 nitrogen and oxygen atoms in total. The van der Waals surface area contributed by atoms with Crippen molar-refractivity contribution in [1.82, 2.24) is 4.72 Å². The van der Waals surface area contributed by atoms with E-state index in [9.17, 15) is 13.2 Å². The van der Waals surface area contributed by atoms with Gasteiger partial charge in [-0.1, -0.05) is 13.5 Å². The van der Waals surface area contributed by atoms with Crippen molar-refractivity contribution in [2.45, 2.75) is 13.3 Å². The van der Waals surface area contributed by atoms with Gasteiger partial charge in [-0.2, -0.15) is 0 Å². The molecule has 0 unspecified atom stereocenters. The van der Waals surface area contributed by atoms with E-state index in [1.165, 1.54) is 6.07 Å². The van der Waals surface area contributed by atoms with Gasteiger partial charge in [-0.05, 0) is 30.2 Å². The van der Waals surface area contributed by atoms with E-state index >= 15 is 0 Å². The van der Waals surface area contributed by atoms with E-state index in [4.69, 9.17) is 5.73 Å². The second-order valence-electron chi connectivity index (χ2n) is 3.41. The Kier molecular flexibility index (Phi) is 3.90. The van der Waals surface area contributed by atoms with Crippen LogP contribution < -0.4 is 10.5 Å². The fraction of sp³-hybridized carbons (Fsp3) is 0.182. The zero-order valence-electron chi connectivity index (χ0n) is 9.43. The average molecular weight is 254 g/mol. The SMILES string of the molecule is C=CS(=O)(=O)NC(=O)c1ccc(N)cc1CC. The van der Waals surface area contributed by atoms with E-state index < -0.39 is 15.9 Å². The lowest BCUT2D eigenvalue weighted by molar-refractivity contribution is 0.0981. The molecule has 0 aromatic heterocycles. The maximum absolute atomic E-state index is 11.7. The summed E-state index contributed by atoms with van der Waals surface area (Å²) in [6.07, 6.45) is 0.585. The largest absolute Gasteiger partial charge is 0.399 e. The number of sulfonamides is 1. The Bertz CT molecular complexity index is 550. The summed E-state index contributed by atoms with van der Waals surface area (Å²) < 4.78 is 24.2. The number of hydrogen-bond acceptors (Lipinski definition) is 4. The number of anilines is 1. The van der Waals surface area contributed by atoms with Gasteiger partial charge in [0.25, 0.3) is 15.9 Å². The summed E-state index contributed by atoms with van der Waals surface area (Å²) >= 11 is 0. The minimum absolute atomic E-state index is 0.298. The molecule has 0 spiro atoms. The molecule has 0 saturated carbocycles. The molecule has 3 N–H and O–H groups in total. The van der Waals surface area contributed by atoms with Gasteiger partial charge in [-0.15, -0.1) is 0 Å². The molecule has 1 aromatic rings. The first-order chi connectivity index (χ1) is 7.89. The topological polar surface area (TPSA) is 89.3 Å². The highest BCUT2D eigenvalue weighted by Gasteiger charge is 2.15. The van der Waals surface area contributed by atoms with Crippen molar-refractivity contribution in [2.75, 3.05) is 5.73 Å². The average Bonchev–Trinajstić information content (AvgIpc) is 2.28. The maximum Gasteiger partial charge on any atom is 0.265 e. The quantitative estimate of drug-likeness (QED) is 0.785. The second kappa shape index (κ2) is 5.01. The molecular weight excluding hydrogens is 240 g/mol. The molecule has 92 valence electrons. The van der Waals surface area contributed by atoms with Crippen molar-refractivity contribution in [3.05, 3.63) is 41.3 Å². The van der Waals surface area contributed by atoms with Crippen molar-refractivity contribution in [2.24, 2.45) is 0 Å². The van der Waals surface area contributed by atoms with Crippen molar-refractivity contribution in [3.8, 4) is 0 Å². The second-order valence-corrected chi connectivity index (χ2v) is 5.04. The van der Waals surface area contributed by atoms with Gasteiger partial charge in [0.2, 0.25) is 0 Å². The highest BCUT2D eigenvalue weighted by Crippen LogP contribution is 2.14. The lowest BCUT2D eigenvalue weighted by Crippen LogP contribution is -2.29. The van der Waals surface area contributed by atoms with Gasteiger partial charge < -0.3 is 5.73 Å². The van der Waals surface area contributed by atoms with Crippen LogP contribution in [0, 0.1) is 0 Å². The Balaban J connectivity index is 3.09. The Labute approximate surface area is 100 Å². The van der Waals surface area contributed by atoms with Crippen LogP contribution in [-0.2, 0) is 16.4 Å². The molecule has 17 heavy (non-hydrogen) atoms. The van der Waals surface area contributed by atoms with E-state index in [0.29, 0.717) is 28.6 Å². The molecule has 0 atom stereocenters. The molecule has 0 heterocycles. The molecule has 6 heteroatoms. The molecule has 0 bridgehead atoms. The molecule has 0 aliphatic heterocycles. The lowest BCUT2D eigenvalue weighted by atomic mass is 10.0. The van der Waals surface area contributed by atoms with Crippen LogP contribution in [0.5, 0.6) is 0 Å². The van der Waals surface area contributed by atoms with Gasteiger partial charge in [0.05, 0.1) is 0 Å². The predicted molar refractivity (Wildman–Crippen MR) is 66.8 cm³/mol. The fourth-order valence-corrected chi connectivity index (χ4v) is 1.81. The van der Waals surface area contributed by atoms with Crippen molar-refractivity contribution in [3.63, 3.8) is 0 Å². The highest BCUT2D eigenvalue weighted by molar-refractivity contribution is 7.92. The number of aryl methyl sites for hydroxylation is 1. The number of benzene rings is 1. The number of nitrogens with two attached hydrogens (primary N) is 1. The Hall–Kier alpha value is -1.82. The van der Waals surface area contributed by atoms with Crippen molar-refractivity contribution in [1.29, 1.82) is 0 Å². The van der Waals surface area contributed by atoms with E-state index in [1.54, 1.807) is 12.1 Å². The number of carbonyl (C=O) groups excluding carboxylic acids is 1. The monoisotopic (exact) mass is 254 g/mol. The molecule has 1 rings (SSSR count). The van der Waals surface area contributed by atoms with Gasteiger partial charge in [-0.25, -0.2) is 13.1 Å². The lowest BCUT2D eigenvalue weighted by Gasteiger charge is -2.08. The number of nitrogen functional groups attached to an aromatic ring is 1. The number of hydrogen-bond donors (Lipinski definition) is 2. The van der Waals surface area contributed by atoms with Crippen molar-refractivity contribution < 1.29 is 13.2 Å². The summed E-state index contributed by atoms with van der Waals surface area (Å²) in [5.41, 5.74) is 7.12. The summed E-state index contributed by atoms with van der Waals surface area (Å²) in [6.45, 7) is 4.97. The van der Waals surface area contributed by atoms with E-state index in [0.717, 1.165) is 0 Å². The smallest absolute Gasteiger partial charge is 0.265 e. The van der Waals surface area contributed by atoms with Crippen LogP contribution in [0.2, 0.25) is 0 Å². The Morgan fingerprint density at radius 1 is 1.53 bits per heavy atom. The van der Waals surface area contributed by atoms with Gasteiger partial charge in [0.15, 0.2) is 0 Å². The van der Waals surface area contributed by atoms with E-state index in [2.05, 4.69) is 6.58 Å². The first-order valence-electron chi connectivity index (χ1n) is 4.97. The van der Waals surface area contributed by atoms with E-state index in [-0.39, 0.29) is 0 Å². The van der Waals surface area contributed by atoms with Crippen LogP contribution >= 0.6 is 0 Å². The number of amides is 1. The first kappa shape index (κ1) is 13.2. The van der Waals surface area contributed by atoms with E-state index in [1.807, 2.05) is 11.6 Å². The van der Waals surface area contributed by atoms with Crippen molar-refractivity contribution >= 4 is 21.6 Å². The highest BCUT2D eigenvalue weighted by atomic mass is 32.2. The van der Waals surface area contributed by atoms with Gasteiger partial charge in [-0.3, -0.25) is 4.79 Å². The summed E-state index contributed by atoms with van der Waals surface area (Å²) in [6, 6.07) is 4.70. The minimum atomic E-state index is -3.77. The molecular formula is C11H14N2O3S. The third-order valence-corrected chi connectivity index (χ3v) is 3.12. The van der Waals surface area contributed by atoms with Gasteiger partial charge >= 0.3 is 0 Å². The van der Waals surface area contributed by atoms with Crippen LogP contribution in [0.1, 0.15) is 22.8 Å². The summed E-state index contributed by atoms with van der Waals surface area (Å²) in [4.78, 5) is 11.7. The Morgan fingerprint density at radius 2 is 2.18 bits per heavy atom. The summed E-state index contributed by atoms with van der Waals surface area (Å²) in [5, 5.41) is 0.688. The Morgan fingerprint density at radius 3 is 2.71 bits per heavy atom.